The summed E-state index contributed by atoms with van der Waals surface area (Å²) >= 11 is -0.164. The molecule has 2 nitrogen and oxygen atoms in total. The van der Waals surface area contributed by atoms with Gasteiger partial charge in [-0.15, -0.1) is 11.6 Å². The maximum Gasteiger partial charge on any atom is 0.457 e. The maximum absolute atomic E-state index is 5.42. The minimum Gasteiger partial charge on any atom is -0.643 e. The fourth-order valence-corrected chi connectivity index (χ4v) is 4.95. The van der Waals surface area contributed by atoms with E-state index in [2.05, 4.69) is 34.7 Å². The molecule has 0 aliphatic carbocycles. The van der Waals surface area contributed by atoms with E-state index in [1.807, 2.05) is 0 Å². The van der Waals surface area contributed by atoms with Gasteiger partial charge in [0.1, 0.15) is 0 Å². The number of rotatable bonds is 2. The maximum atomic E-state index is 5.42. The van der Waals surface area contributed by atoms with Crippen molar-refractivity contribution in [1.29, 1.82) is 0 Å². The minimum atomic E-state index is -0.633. The Morgan fingerprint density at radius 1 is 1.00 bits per heavy atom. The number of hydrogen-bond donors (Lipinski definition) is 0. The fourth-order valence-electron chi connectivity index (χ4n) is 1.17. The van der Waals surface area contributed by atoms with Crippen molar-refractivity contribution in [1.82, 2.24) is 0 Å². The van der Waals surface area contributed by atoms with Crippen molar-refractivity contribution in [2.24, 2.45) is 0 Å². The SMILES string of the molecule is C.C.C.C.[CH3][Al]1[CH2]CCC[O]1.[CH3][Al][CH3].[CH3][Al][O][Al]([CH3])[CH3]. The van der Waals surface area contributed by atoms with Crippen LogP contribution in [0.15, 0.2) is 0 Å². The molecule has 6 heteroatoms. The van der Waals surface area contributed by atoms with Crippen LogP contribution in [0.2, 0.25) is 40.0 Å². The molecule has 2 radical (unpaired) electrons. The molecule has 1 heterocycles. The summed E-state index contributed by atoms with van der Waals surface area (Å²) in [5.41, 5.74) is 0. The zero-order chi connectivity index (χ0) is 12.8. The zero-order valence-corrected chi connectivity index (χ0v) is 16.6. The lowest BCUT2D eigenvalue weighted by Gasteiger charge is -2.13. The van der Waals surface area contributed by atoms with Gasteiger partial charge in [-0.3, -0.25) is 0 Å². The molecule has 0 atom stereocenters. The highest BCUT2D eigenvalue weighted by atomic mass is 27.3. The molecule has 1 saturated heterocycles. The van der Waals surface area contributed by atoms with E-state index in [1.165, 1.54) is 18.1 Å². The van der Waals surface area contributed by atoms with E-state index in [-0.39, 0.29) is 29.7 Å². The first kappa shape index (κ1) is 37.9. The molecule has 1 aliphatic rings. The van der Waals surface area contributed by atoms with Crippen LogP contribution in [0.5, 0.6) is 0 Å². The van der Waals surface area contributed by atoms with Gasteiger partial charge in [0.2, 0.25) is 0 Å². The van der Waals surface area contributed by atoms with E-state index in [0.29, 0.717) is 15.6 Å². The normalized spacial score (nSPS) is 11.0. The number of hydrogen-bond acceptors (Lipinski definition) is 2. The quantitative estimate of drug-likeness (QED) is 0.597. The van der Waals surface area contributed by atoms with E-state index in [9.17, 15) is 0 Å². The molecule has 0 spiro atoms. The molecule has 0 aromatic heterocycles. The van der Waals surface area contributed by atoms with E-state index in [1.54, 1.807) is 0 Å². The molecule has 0 aromatic rings. The van der Waals surface area contributed by atoms with Crippen LogP contribution in [-0.2, 0) is 6.63 Å². The zero-order valence-electron chi connectivity index (χ0n) is 12.0. The van der Waals surface area contributed by atoms with Gasteiger partial charge in [0.05, 0.1) is 0 Å². The first-order valence-electron chi connectivity index (χ1n) is 6.37. The first-order valence-corrected chi connectivity index (χ1v) is 15.5. The van der Waals surface area contributed by atoms with Gasteiger partial charge in [0.25, 0.3) is 0 Å². The monoisotopic (exact) mass is 350 g/mol. The summed E-state index contributed by atoms with van der Waals surface area (Å²) in [5.74, 6) is 13.2. The molecule has 0 amide bonds. The van der Waals surface area contributed by atoms with Crippen LogP contribution in [0, 0.1) is 0 Å². The molecule has 122 valence electrons. The summed E-state index contributed by atoms with van der Waals surface area (Å²) in [4.78, 5) is 0. The average molecular weight is 350 g/mol. The van der Waals surface area contributed by atoms with Gasteiger partial charge in [-0.1, -0.05) is 64.6 Å². The molecule has 1 rings (SSSR count). The van der Waals surface area contributed by atoms with Crippen LogP contribution < -0.4 is 0 Å². The van der Waals surface area contributed by atoms with Crippen molar-refractivity contribution in [2.75, 3.05) is 6.61 Å². The van der Waals surface area contributed by atoms with E-state index >= 15 is 0 Å². The van der Waals surface area contributed by atoms with Crippen LogP contribution in [0.1, 0.15) is 42.5 Å². The van der Waals surface area contributed by atoms with Crippen molar-refractivity contribution in [3.8, 4) is 0 Å². The van der Waals surface area contributed by atoms with Crippen molar-refractivity contribution in [2.45, 2.75) is 82.5 Å². The Balaban J connectivity index is -0.0000000355. The van der Waals surface area contributed by atoms with E-state index in [4.69, 9.17) is 6.63 Å². The minimum absolute atomic E-state index is 0. The fraction of sp³-hybridized carbons (Fsp3) is 1.00. The molecule has 20 heavy (non-hydrogen) atoms. The Labute approximate surface area is 154 Å². The summed E-state index contributed by atoms with van der Waals surface area (Å²) in [6, 6.07) is 0. The topological polar surface area (TPSA) is 18.5 Å². The summed E-state index contributed by atoms with van der Waals surface area (Å²) in [6.45, 7) is 1.05. The van der Waals surface area contributed by atoms with Gasteiger partial charge in [-0.25, -0.2) is 0 Å². The molecule has 1 fully saturated rings. The highest BCUT2D eigenvalue weighted by Crippen LogP contribution is 2.09. The van der Waals surface area contributed by atoms with Gasteiger partial charge in [-0.05, 0) is 6.42 Å². The molecule has 0 aromatic carbocycles. The predicted molar refractivity (Wildman–Crippen MR) is 106 cm³/mol. The third-order valence-electron chi connectivity index (χ3n) is 1.82. The lowest BCUT2D eigenvalue weighted by atomic mass is 10.4. The van der Waals surface area contributed by atoms with Gasteiger partial charge >= 0.3 is 44.5 Å². The van der Waals surface area contributed by atoms with Crippen molar-refractivity contribution in [3.63, 3.8) is 0 Å². The molecular weight excluding hydrogens is 308 g/mol. The van der Waals surface area contributed by atoms with E-state index < -0.39 is 29.0 Å². The third-order valence-corrected chi connectivity index (χ3v) is 7.11. The lowest BCUT2D eigenvalue weighted by molar-refractivity contribution is 0.291. The molecule has 0 bridgehead atoms. The summed E-state index contributed by atoms with van der Waals surface area (Å²) in [6.07, 6.45) is 2.73. The lowest BCUT2D eigenvalue weighted by Crippen LogP contribution is -2.18. The molecular formula is C14H42Al4O2. The largest absolute Gasteiger partial charge is 0.643 e. The second kappa shape index (κ2) is 32.8. The molecule has 0 saturated carbocycles. The highest BCUT2D eigenvalue weighted by molar-refractivity contribution is 6.55. The van der Waals surface area contributed by atoms with Crippen molar-refractivity contribution >= 4 is 59.7 Å². The van der Waals surface area contributed by atoms with Crippen LogP contribution in [0.4, 0.5) is 0 Å². The summed E-state index contributed by atoms with van der Waals surface area (Å²) < 4.78 is 10.7. The summed E-state index contributed by atoms with van der Waals surface area (Å²) in [7, 11) is 0. The predicted octanol–water partition coefficient (Wildman–Crippen LogP) is 5.67. The standard InChI is InChI=1S/C4H8O.4CH4.6CH3.4Al.O/c1-2-3-4-5;;;;;;;;;;;;;;;/h1-4H2;4*1H4;6*1H3;;;;;/q-1;;;;;;;;;;;;;;+1;. The Morgan fingerprint density at radius 3 is 1.55 bits per heavy atom. The van der Waals surface area contributed by atoms with Gasteiger partial charge in [-0.2, -0.15) is 0 Å². The van der Waals surface area contributed by atoms with E-state index in [0.717, 1.165) is 21.8 Å². The van der Waals surface area contributed by atoms with Crippen molar-refractivity contribution in [3.05, 3.63) is 0 Å². The van der Waals surface area contributed by atoms with Crippen LogP contribution >= 0.6 is 0 Å². The molecule has 0 unspecified atom stereocenters. The summed E-state index contributed by atoms with van der Waals surface area (Å²) in [5, 5.41) is 1.40. The van der Waals surface area contributed by atoms with Gasteiger partial charge in [0.15, 0.2) is 15.2 Å². The highest BCUT2D eigenvalue weighted by Gasteiger charge is 2.15. The van der Waals surface area contributed by atoms with Gasteiger partial charge in [0, 0.05) is 6.61 Å². The van der Waals surface area contributed by atoms with Crippen LogP contribution in [-0.4, -0.2) is 66.3 Å². The average Bonchev–Trinajstić information content (AvgIpc) is 2.20. The Hall–Kier alpha value is 2.05. The Bertz CT molecular complexity index is 122. The third kappa shape index (κ3) is 42.7. The Kier molecular flexibility index (Phi) is 62.3. The first-order chi connectivity index (χ1) is 7.58. The second-order valence-corrected chi connectivity index (χ2v) is 11.5. The van der Waals surface area contributed by atoms with Crippen LogP contribution in [0.25, 0.3) is 0 Å². The van der Waals surface area contributed by atoms with Crippen LogP contribution in [0.3, 0.4) is 0 Å². The Morgan fingerprint density at radius 2 is 1.45 bits per heavy atom. The van der Waals surface area contributed by atoms with Crippen molar-refractivity contribution < 1.29 is 6.63 Å². The smallest absolute Gasteiger partial charge is 0.457 e. The second-order valence-electron chi connectivity index (χ2n) is 4.18. The molecule has 1 aliphatic heterocycles. The molecule has 0 N–H and O–H groups in total. The van der Waals surface area contributed by atoms with Gasteiger partial charge < -0.3 is 6.63 Å².